The molecule has 0 fully saturated rings. The number of carbonyl (C=O) groups is 1. The summed E-state index contributed by atoms with van der Waals surface area (Å²) < 4.78 is 0. The fourth-order valence-electron chi connectivity index (χ4n) is 1.60. The molecule has 4 heteroatoms. The molecule has 0 aliphatic carbocycles. The van der Waals surface area contributed by atoms with E-state index >= 15 is 0 Å². The van der Waals surface area contributed by atoms with Crippen molar-refractivity contribution >= 4 is 5.91 Å². The van der Waals surface area contributed by atoms with E-state index in [9.17, 15) is 4.79 Å². The zero-order valence-corrected chi connectivity index (χ0v) is 10.8. The molecule has 2 N–H and O–H groups in total. The van der Waals surface area contributed by atoms with Gasteiger partial charge in [-0.1, -0.05) is 44.2 Å². The molecule has 4 nitrogen and oxygen atoms in total. The summed E-state index contributed by atoms with van der Waals surface area (Å²) in [6, 6.07) is 11.1. The van der Waals surface area contributed by atoms with E-state index in [1.165, 1.54) is 4.90 Å². The Hall–Kier alpha value is -1.86. The van der Waals surface area contributed by atoms with Crippen LogP contribution in [0.15, 0.2) is 30.3 Å². The SMILES string of the molecule is CC(C)C(N)C(=O)N(CC#N)Cc1ccccc1. The Bertz CT molecular complexity index is 422. The Kier molecular flexibility index (Phi) is 5.34. The minimum Gasteiger partial charge on any atom is -0.324 e. The first-order valence-electron chi connectivity index (χ1n) is 6.01. The number of hydrogen-bond donors (Lipinski definition) is 1. The molecule has 0 spiro atoms. The molecule has 1 aromatic carbocycles. The van der Waals surface area contributed by atoms with E-state index in [1.54, 1.807) is 0 Å². The number of nitrogens with zero attached hydrogens (tertiary/aromatic N) is 2. The Balaban J connectivity index is 2.77. The first-order valence-corrected chi connectivity index (χ1v) is 6.01. The van der Waals surface area contributed by atoms with Crippen LogP contribution in [0, 0.1) is 17.2 Å². The van der Waals surface area contributed by atoms with Gasteiger partial charge in [-0.3, -0.25) is 4.79 Å². The predicted molar refractivity (Wildman–Crippen MR) is 70.3 cm³/mol. The highest BCUT2D eigenvalue weighted by molar-refractivity contribution is 5.82. The van der Waals surface area contributed by atoms with Crippen LogP contribution < -0.4 is 5.73 Å². The number of hydrogen-bond acceptors (Lipinski definition) is 3. The van der Waals surface area contributed by atoms with Gasteiger partial charge in [0.05, 0.1) is 12.1 Å². The topological polar surface area (TPSA) is 70.1 Å². The van der Waals surface area contributed by atoms with Crippen LogP contribution in [0.4, 0.5) is 0 Å². The third kappa shape index (κ3) is 3.86. The molecule has 1 amide bonds. The second-order valence-electron chi connectivity index (χ2n) is 4.61. The Labute approximate surface area is 108 Å². The predicted octanol–water partition coefficient (Wildman–Crippen LogP) is 1.52. The molecular weight excluding hydrogens is 226 g/mol. The molecule has 0 aliphatic heterocycles. The lowest BCUT2D eigenvalue weighted by Gasteiger charge is -2.25. The van der Waals surface area contributed by atoms with Gasteiger partial charge in [-0.15, -0.1) is 0 Å². The minimum absolute atomic E-state index is 0.0636. The molecule has 1 unspecified atom stereocenters. The summed E-state index contributed by atoms with van der Waals surface area (Å²) in [6.45, 7) is 4.28. The Morgan fingerprint density at radius 1 is 1.39 bits per heavy atom. The van der Waals surface area contributed by atoms with Crippen LogP contribution in [0.5, 0.6) is 0 Å². The molecule has 0 aromatic heterocycles. The average molecular weight is 245 g/mol. The molecule has 0 aliphatic rings. The number of benzene rings is 1. The summed E-state index contributed by atoms with van der Waals surface area (Å²) >= 11 is 0. The number of rotatable bonds is 5. The lowest BCUT2D eigenvalue weighted by molar-refractivity contribution is -0.133. The van der Waals surface area contributed by atoms with Gasteiger partial charge >= 0.3 is 0 Å². The summed E-state index contributed by atoms with van der Waals surface area (Å²) in [6.07, 6.45) is 0. The van der Waals surface area contributed by atoms with Gasteiger partial charge in [0.1, 0.15) is 6.54 Å². The van der Waals surface area contributed by atoms with Gasteiger partial charge < -0.3 is 10.6 Å². The first-order chi connectivity index (χ1) is 8.56. The van der Waals surface area contributed by atoms with Crippen LogP contribution in [0.2, 0.25) is 0 Å². The van der Waals surface area contributed by atoms with Crippen molar-refractivity contribution in [1.82, 2.24) is 4.90 Å². The van der Waals surface area contributed by atoms with E-state index in [1.807, 2.05) is 50.2 Å². The maximum Gasteiger partial charge on any atom is 0.240 e. The highest BCUT2D eigenvalue weighted by Gasteiger charge is 2.23. The van der Waals surface area contributed by atoms with Crippen molar-refractivity contribution in [2.24, 2.45) is 11.7 Å². The first kappa shape index (κ1) is 14.2. The van der Waals surface area contributed by atoms with Gasteiger partial charge in [0.2, 0.25) is 5.91 Å². The molecule has 96 valence electrons. The zero-order chi connectivity index (χ0) is 13.5. The summed E-state index contributed by atoms with van der Waals surface area (Å²) in [5.41, 5.74) is 6.84. The minimum atomic E-state index is -0.554. The number of carbonyl (C=O) groups excluding carboxylic acids is 1. The fourth-order valence-corrected chi connectivity index (χ4v) is 1.60. The molecule has 0 saturated heterocycles. The van der Waals surface area contributed by atoms with Crippen LogP contribution >= 0.6 is 0 Å². The van der Waals surface area contributed by atoms with E-state index in [0.29, 0.717) is 6.54 Å². The highest BCUT2D eigenvalue weighted by Crippen LogP contribution is 2.08. The third-order valence-corrected chi connectivity index (χ3v) is 2.79. The smallest absolute Gasteiger partial charge is 0.240 e. The van der Waals surface area contributed by atoms with Crippen molar-refractivity contribution in [1.29, 1.82) is 5.26 Å². The molecule has 18 heavy (non-hydrogen) atoms. The van der Waals surface area contributed by atoms with Gasteiger partial charge in [0.25, 0.3) is 0 Å². The van der Waals surface area contributed by atoms with Crippen LogP contribution in [0.25, 0.3) is 0 Å². The van der Waals surface area contributed by atoms with Crippen molar-refractivity contribution < 1.29 is 4.79 Å². The monoisotopic (exact) mass is 245 g/mol. The largest absolute Gasteiger partial charge is 0.324 e. The third-order valence-electron chi connectivity index (χ3n) is 2.79. The highest BCUT2D eigenvalue weighted by atomic mass is 16.2. The van der Waals surface area contributed by atoms with E-state index < -0.39 is 6.04 Å². The van der Waals surface area contributed by atoms with Crippen molar-refractivity contribution in [3.8, 4) is 6.07 Å². The van der Waals surface area contributed by atoms with Gasteiger partial charge in [0, 0.05) is 6.54 Å². The Morgan fingerprint density at radius 3 is 2.50 bits per heavy atom. The summed E-state index contributed by atoms with van der Waals surface area (Å²) in [5.74, 6) is -0.107. The van der Waals surface area contributed by atoms with E-state index in [0.717, 1.165) is 5.56 Å². The molecule has 0 radical (unpaired) electrons. The molecule has 1 rings (SSSR count). The average Bonchev–Trinajstić information content (AvgIpc) is 2.37. The van der Waals surface area contributed by atoms with E-state index in [-0.39, 0.29) is 18.4 Å². The summed E-state index contributed by atoms with van der Waals surface area (Å²) in [7, 11) is 0. The van der Waals surface area contributed by atoms with Crippen LogP contribution in [-0.2, 0) is 11.3 Å². The molecule has 0 heterocycles. The quantitative estimate of drug-likeness (QED) is 0.800. The molecule has 1 aromatic rings. The van der Waals surface area contributed by atoms with Crippen molar-refractivity contribution in [2.75, 3.05) is 6.54 Å². The lowest BCUT2D eigenvalue weighted by atomic mass is 10.0. The molecule has 0 bridgehead atoms. The molecule has 1 atom stereocenters. The van der Waals surface area contributed by atoms with E-state index in [2.05, 4.69) is 0 Å². The summed E-state index contributed by atoms with van der Waals surface area (Å²) in [4.78, 5) is 13.6. The van der Waals surface area contributed by atoms with Gasteiger partial charge in [-0.25, -0.2) is 0 Å². The summed E-state index contributed by atoms with van der Waals surface area (Å²) in [5, 5.41) is 8.80. The van der Waals surface area contributed by atoms with Crippen LogP contribution in [0.1, 0.15) is 19.4 Å². The standard InChI is InChI=1S/C14H19N3O/c1-11(2)13(16)14(18)17(9-8-15)10-12-6-4-3-5-7-12/h3-7,11,13H,9-10,16H2,1-2H3. The Morgan fingerprint density at radius 2 is 2.00 bits per heavy atom. The number of amides is 1. The number of nitriles is 1. The molecule has 0 saturated carbocycles. The molecular formula is C14H19N3O. The van der Waals surface area contributed by atoms with Crippen molar-refractivity contribution in [2.45, 2.75) is 26.4 Å². The van der Waals surface area contributed by atoms with E-state index in [4.69, 9.17) is 11.0 Å². The fraction of sp³-hybridized carbons (Fsp3) is 0.429. The maximum atomic E-state index is 12.1. The van der Waals surface area contributed by atoms with Gasteiger partial charge in [-0.05, 0) is 11.5 Å². The second kappa shape index (κ2) is 6.77. The second-order valence-corrected chi connectivity index (χ2v) is 4.61. The van der Waals surface area contributed by atoms with Crippen molar-refractivity contribution in [3.05, 3.63) is 35.9 Å². The maximum absolute atomic E-state index is 12.1. The lowest BCUT2D eigenvalue weighted by Crippen LogP contribution is -2.46. The normalized spacial score (nSPS) is 11.9. The number of nitrogens with two attached hydrogens (primary N) is 1. The van der Waals surface area contributed by atoms with Crippen LogP contribution in [0.3, 0.4) is 0 Å². The van der Waals surface area contributed by atoms with Crippen molar-refractivity contribution in [3.63, 3.8) is 0 Å². The zero-order valence-electron chi connectivity index (χ0n) is 10.8. The van der Waals surface area contributed by atoms with Gasteiger partial charge in [-0.2, -0.15) is 5.26 Å². The van der Waals surface area contributed by atoms with Crippen LogP contribution in [-0.4, -0.2) is 23.4 Å². The van der Waals surface area contributed by atoms with Gasteiger partial charge in [0.15, 0.2) is 0 Å².